The summed E-state index contributed by atoms with van der Waals surface area (Å²) in [6.07, 6.45) is 5.61. The van der Waals surface area contributed by atoms with Gasteiger partial charge in [-0.1, -0.05) is 50.5 Å². The summed E-state index contributed by atoms with van der Waals surface area (Å²) in [4.78, 5) is 23.3. The van der Waals surface area contributed by atoms with Crippen LogP contribution in [-0.2, 0) is 9.59 Å². The average Bonchev–Trinajstić information content (AvgIpc) is 2.51. The Morgan fingerprint density at radius 2 is 2.00 bits per heavy atom. The monoisotopic (exact) mass is 320 g/mol. The number of carbonyl (C=O) groups is 2. The van der Waals surface area contributed by atoms with E-state index in [-0.39, 0.29) is 24.2 Å². The molecule has 3 unspecified atom stereocenters. The number of allylic oxidation sites excluding steroid dienone is 4. The Kier molecular flexibility index (Phi) is 7.59. The molecule has 0 aromatic heterocycles. The number of ketones is 1. The molecule has 0 saturated carbocycles. The molecule has 0 radical (unpaired) electrons. The first kappa shape index (κ1) is 19.5. The Hall–Kier alpha value is -1.52. The molecular weight excluding hydrogens is 292 g/mol. The molecular formula is C19H28O4. The quantitative estimate of drug-likeness (QED) is 0.430. The molecule has 0 fully saturated rings. The standard InChI is InChI=1S/C19H28O4/c1-5-12(2)8-13(3)6-7-16(21)9-15-10-18(22)14(4)19(23)17(15)11-20/h6-8,11-12,14,18-19,22-23H,5,9-10H2,1-4H3/b7-6+,13-8+/t12-,14?,18?,19?/m0/s1. The highest BCUT2D eigenvalue weighted by atomic mass is 16.3. The van der Waals surface area contributed by atoms with Gasteiger partial charge in [-0.3, -0.25) is 9.59 Å². The molecule has 0 aromatic carbocycles. The lowest BCUT2D eigenvalue weighted by atomic mass is 9.79. The summed E-state index contributed by atoms with van der Waals surface area (Å²) >= 11 is 0. The highest BCUT2D eigenvalue weighted by molar-refractivity contribution is 5.93. The van der Waals surface area contributed by atoms with E-state index in [4.69, 9.17) is 0 Å². The van der Waals surface area contributed by atoms with Crippen LogP contribution in [0.4, 0.5) is 0 Å². The molecule has 1 aliphatic carbocycles. The van der Waals surface area contributed by atoms with Crippen LogP contribution in [0.1, 0.15) is 47.0 Å². The summed E-state index contributed by atoms with van der Waals surface area (Å²) in [5.41, 5.74) is 1.81. The van der Waals surface area contributed by atoms with E-state index in [2.05, 4.69) is 19.9 Å². The fraction of sp³-hybridized carbons (Fsp3) is 0.579. The Balaban J connectivity index is 2.81. The van der Waals surface area contributed by atoms with Crippen molar-refractivity contribution in [3.8, 4) is 0 Å². The zero-order valence-electron chi connectivity index (χ0n) is 14.5. The van der Waals surface area contributed by atoms with Gasteiger partial charge in [0.05, 0.1) is 12.2 Å². The van der Waals surface area contributed by atoms with E-state index < -0.39 is 18.1 Å². The van der Waals surface area contributed by atoms with E-state index in [1.165, 1.54) is 6.08 Å². The number of aldehydes is 1. The molecule has 23 heavy (non-hydrogen) atoms. The lowest BCUT2D eigenvalue weighted by Crippen LogP contribution is -2.37. The summed E-state index contributed by atoms with van der Waals surface area (Å²) in [6, 6.07) is 0. The molecule has 0 heterocycles. The zero-order chi connectivity index (χ0) is 17.6. The Morgan fingerprint density at radius 3 is 2.57 bits per heavy atom. The minimum atomic E-state index is -1.00. The molecule has 4 atom stereocenters. The van der Waals surface area contributed by atoms with Crippen LogP contribution in [0.5, 0.6) is 0 Å². The van der Waals surface area contributed by atoms with Crippen molar-refractivity contribution in [2.45, 2.75) is 59.2 Å². The second kappa shape index (κ2) is 8.94. The molecule has 0 bridgehead atoms. The van der Waals surface area contributed by atoms with E-state index in [0.717, 1.165) is 12.0 Å². The van der Waals surface area contributed by atoms with Crippen molar-refractivity contribution in [3.63, 3.8) is 0 Å². The predicted octanol–water partition coefficient (Wildman–Crippen LogP) is 2.75. The van der Waals surface area contributed by atoms with Crippen molar-refractivity contribution in [1.82, 2.24) is 0 Å². The minimum absolute atomic E-state index is 0.0576. The molecule has 2 N–H and O–H groups in total. The Bertz CT molecular complexity index is 527. The minimum Gasteiger partial charge on any atom is -0.392 e. The van der Waals surface area contributed by atoms with Crippen molar-refractivity contribution < 1.29 is 19.8 Å². The van der Waals surface area contributed by atoms with Gasteiger partial charge in [-0.2, -0.15) is 0 Å². The summed E-state index contributed by atoms with van der Waals surface area (Å²) in [7, 11) is 0. The second-order valence-electron chi connectivity index (χ2n) is 6.52. The first-order chi connectivity index (χ1) is 10.8. The lowest BCUT2D eigenvalue weighted by Gasteiger charge is -2.31. The molecule has 4 nitrogen and oxygen atoms in total. The third kappa shape index (κ3) is 5.56. The third-order valence-electron chi connectivity index (χ3n) is 4.53. The van der Waals surface area contributed by atoms with E-state index in [1.54, 1.807) is 13.0 Å². The highest BCUT2D eigenvalue weighted by Crippen LogP contribution is 2.31. The fourth-order valence-electron chi connectivity index (χ4n) is 2.70. The molecule has 128 valence electrons. The largest absolute Gasteiger partial charge is 0.392 e. The van der Waals surface area contributed by atoms with Gasteiger partial charge in [-0.05, 0) is 25.3 Å². The summed E-state index contributed by atoms with van der Waals surface area (Å²) in [5.74, 6) is -0.0697. The molecule has 4 heteroatoms. The van der Waals surface area contributed by atoms with Gasteiger partial charge in [0.25, 0.3) is 0 Å². The maximum atomic E-state index is 12.1. The number of hydrogen-bond acceptors (Lipinski definition) is 4. The van der Waals surface area contributed by atoms with E-state index >= 15 is 0 Å². The van der Waals surface area contributed by atoms with Crippen molar-refractivity contribution in [2.75, 3.05) is 0 Å². The van der Waals surface area contributed by atoms with Crippen molar-refractivity contribution in [1.29, 1.82) is 0 Å². The van der Waals surface area contributed by atoms with Gasteiger partial charge in [0.15, 0.2) is 5.78 Å². The van der Waals surface area contributed by atoms with Crippen LogP contribution >= 0.6 is 0 Å². The van der Waals surface area contributed by atoms with Crippen LogP contribution in [0, 0.1) is 11.8 Å². The molecule has 1 aliphatic rings. The summed E-state index contributed by atoms with van der Waals surface area (Å²) in [6.45, 7) is 7.87. The maximum Gasteiger partial charge on any atom is 0.159 e. The molecule has 1 rings (SSSR count). The average molecular weight is 320 g/mol. The van der Waals surface area contributed by atoms with Gasteiger partial charge in [0.1, 0.15) is 6.29 Å². The van der Waals surface area contributed by atoms with Crippen molar-refractivity contribution in [3.05, 3.63) is 34.9 Å². The summed E-state index contributed by atoms with van der Waals surface area (Å²) in [5, 5.41) is 20.0. The molecule has 0 aromatic rings. The number of aliphatic hydroxyl groups excluding tert-OH is 2. The second-order valence-corrected chi connectivity index (χ2v) is 6.52. The zero-order valence-corrected chi connectivity index (χ0v) is 14.5. The topological polar surface area (TPSA) is 74.6 Å². The first-order valence-electron chi connectivity index (χ1n) is 8.22. The smallest absolute Gasteiger partial charge is 0.159 e. The van der Waals surface area contributed by atoms with E-state index in [0.29, 0.717) is 17.8 Å². The van der Waals surface area contributed by atoms with Crippen LogP contribution < -0.4 is 0 Å². The number of rotatable bonds is 7. The molecule has 0 aliphatic heterocycles. The third-order valence-corrected chi connectivity index (χ3v) is 4.53. The van der Waals surface area contributed by atoms with Gasteiger partial charge in [0, 0.05) is 17.9 Å². The maximum absolute atomic E-state index is 12.1. The molecule has 0 amide bonds. The summed E-state index contributed by atoms with van der Waals surface area (Å²) < 4.78 is 0. The van der Waals surface area contributed by atoms with Crippen LogP contribution in [0.15, 0.2) is 34.9 Å². The van der Waals surface area contributed by atoms with Crippen molar-refractivity contribution >= 4 is 12.1 Å². The van der Waals surface area contributed by atoms with Crippen LogP contribution in [-0.4, -0.2) is 34.5 Å². The van der Waals surface area contributed by atoms with Gasteiger partial charge in [-0.15, -0.1) is 0 Å². The van der Waals surface area contributed by atoms with Crippen LogP contribution in [0.3, 0.4) is 0 Å². The fourth-order valence-corrected chi connectivity index (χ4v) is 2.70. The van der Waals surface area contributed by atoms with Gasteiger partial charge in [0.2, 0.25) is 0 Å². The molecule has 0 spiro atoms. The first-order valence-corrected chi connectivity index (χ1v) is 8.22. The van der Waals surface area contributed by atoms with Gasteiger partial charge in [-0.25, -0.2) is 0 Å². The van der Waals surface area contributed by atoms with Crippen LogP contribution in [0.2, 0.25) is 0 Å². The van der Waals surface area contributed by atoms with E-state index in [1.807, 2.05) is 6.92 Å². The van der Waals surface area contributed by atoms with E-state index in [9.17, 15) is 19.8 Å². The van der Waals surface area contributed by atoms with Crippen molar-refractivity contribution in [2.24, 2.45) is 11.8 Å². The Labute approximate surface area is 138 Å². The van der Waals surface area contributed by atoms with Gasteiger partial charge < -0.3 is 10.2 Å². The lowest BCUT2D eigenvalue weighted by molar-refractivity contribution is -0.114. The normalized spacial score (nSPS) is 27.4. The number of carbonyl (C=O) groups excluding carboxylic acids is 2. The molecule has 0 saturated heterocycles. The highest BCUT2D eigenvalue weighted by Gasteiger charge is 2.33. The number of aliphatic hydroxyl groups is 2. The predicted molar refractivity (Wildman–Crippen MR) is 90.9 cm³/mol. The van der Waals surface area contributed by atoms with Gasteiger partial charge >= 0.3 is 0 Å². The number of hydrogen-bond donors (Lipinski definition) is 2. The van der Waals surface area contributed by atoms with Crippen LogP contribution in [0.25, 0.3) is 0 Å². The Morgan fingerprint density at radius 1 is 1.35 bits per heavy atom. The SMILES string of the molecule is CC[C@H](C)/C=C(C)/C=C/C(=O)CC1=C(C=O)C(O)C(C)C(O)C1.